The fourth-order valence-electron chi connectivity index (χ4n) is 1.26. The van der Waals surface area contributed by atoms with Crippen molar-refractivity contribution >= 4 is 17.1 Å². The molecule has 15 heavy (non-hydrogen) atoms. The van der Waals surface area contributed by atoms with Crippen LogP contribution in [0.3, 0.4) is 0 Å². The second-order valence-electron chi connectivity index (χ2n) is 3.84. The third kappa shape index (κ3) is 4.07. The maximum absolute atomic E-state index is 4.50. The van der Waals surface area contributed by atoms with Crippen LogP contribution in [0.15, 0.2) is 40.3 Å². The maximum atomic E-state index is 4.50. The Hall–Kier alpha value is -1.44. The van der Waals surface area contributed by atoms with E-state index in [2.05, 4.69) is 23.8 Å². The number of hydrogen-bond donors (Lipinski definition) is 0. The number of hydrogen-bond acceptors (Lipinski definition) is 2. The lowest BCUT2D eigenvalue weighted by atomic mass is 10.2. The molecule has 0 saturated carbocycles. The molecule has 0 atom stereocenters. The van der Waals surface area contributed by atoms with Gasteiger partial charge in [-0.25, -0.2) is 0 Å². The fourth-order valence-corrected chi connectivity index (χ4v) is 1.26. The standard InChI is InChI=1S/C13H18N2/c1-10(2)14-11(3)12(4)15-13-8-6-5-7-9-13/h5-10H,1-4H3. The lowest BCUT2D eigenvalue weighted by molar-refractivity contribution is 0.837. The average Bonchev–Trinajstić information content (AvgIpc) is 2.18. The van der Waals surface area contributed by atoms with Crippen LogP contribution >= 0.6 is 0 Å². The van der Waals surface area contributed by atoms with Gasteiger partial charge in [0, 0.05) is 6.04 Å². The summed E-state index contributed by atoms with van der Waals surface area (Å²) in [7, 11) is 0. The number of rotatable bonds is 3. The number of nitrogens with zero attached hydrogens (tertiary/aromatic N) is 2. The van der Waals surface area contributed by atoms with Crippen LogP contribution in [0.4, 0.5) is 5.69 Å². The highest BCUT2D eigenvalue weighted by Gasteiger charge is 1.98. The Morgan fingerprint density at radius 1 is 1.00 bits per heavy atom. The molecule has 1 rings (SSSR count). The van der Waals surface area contributed by atoms with Crippen LogP contribution in [0.5, 0.6) is 0 Å². The van der Waals surface area contributed by atoms with Gasteiger partial charge in [0.2, 0.25) is 0 Å². The molecular weight excluding hydrogens is 184 g/mol. The van der Waals surface area contributed by atoms with Crippen molar-refractivity contribution in [2.75, 3.05) is 0 Å². The Bertz CT molecular complexity index is 361. The van der Waals surface area contributed by atoms with Crippen molar-refractivity contribution in [3.8, 4) is 0 Å². The smallest absolute Gasteiger partial charge is 0.0633 e. The van der Waals surface area contributed by atoms with Gasteiger partial charge < -0.3 is 0 Å². The summed E-state index contributed by atoms with van der Waals surface area (Å²) in [5.41, 5.74) is 2.97. The molecule has 0 heterocycles. The molecule has 0 radical (unpaired) electrons. The van der Waals surface area contributed by atoms with Gasteiger partial charge in [-0.15, -0.1) is 0 Å². The summed E-state index contributed by atoms with van der Waals surface area (Å²) >= 11 is 0. The lowest BCUT2D eigenvalue weighted by Crippen LogP contribution is -2.08. The molecule has 0 N–H and O–H groups in total. The van der Waals surface area contributed by atoms with Gasteiger partial charge in [0.05, 0.1) is 17.1 Å². The summed E-state index contributed by atoms with van der Waals surface area (Å²) in [5, 5.41) is 0. The van der Waals surface area contributed by atoms with E-state index in [9.17, 15) is 0 Å². The zero-order chi connectivity index (χ0) is 11.3. The van der Waals surface area contributed by atoms with E-state index in [1.165, 1.54) is 0 Å². The number of aliphatic imine (C=N–C) groups is 2. The zero-order valence-electron chi connectivity index (χ0n) is 9.86. The van der Waals surface area contributed by atoms with Crippen molar-refractivity contribution in [2.24, 2.45) is 9.98 Å². The number of benzene rings is 1. The minimum atomic E-state index is 0.325. The molecule has 0 amide bonds. The van der Waals surface area contributed by atoms with Crippen molar-refractivity contribution in [1.29, 1.82) is 0 Å². The molecule has 0 spiro atoms. The molecule has 2 nitrogen and oxygen atoms in total. The highest BCUT2D eigenvalue weighted by atomic mass is 14.8. The molecule has 0 unspecified atom stereocenters. The Morgan fingerprint density at radius 2 is 1.60 bits per heavy atom. The van der Waals surface area contributed by atoms with Gasteiger partial charge in [0.15, 0.2) is 0 Å². The SMILES string of the molecule is CC(=Nc1ccccc1)C(C)=NC(C)C. The van der Waals surface area contributed by atoms with Crippen LogP contribution in [0.1, 0.15) is 27.7 Å². The largest absolute Gasteiger partial charge is 0.285 e. The minimum Gasteiger partial charge on any atom is -0.285 e. The quantitative estimate of drug-likeness (QED) is 0.668. The summed E-state index contributed by atoms with van der Waals surface area (Å²) in [5.74, 6) is 0. The van der Waals surface area contributed by atoms with Crippen molar-refractivity contribution in [3.05, 3.63) is 30.3 Å². The van der Waals surface area contributed by atoms with Gasteiger partial charge in [-0.05, 0) is 39.8 Å². The summed E-state index contributed by atoms with van der Waals surface area (Å²) in [4.78, 5) is 8.96. The molecule has 0 aliphatic heterocycles. The predicted octanol–water partition coefficient (Wildman–Crippen LogP) is 3.65. The van der Waals surface area contributed by atoms with Crippen molar-refractivity contribution in [1.82, 2.24) is 0 Å². The summed E-state index contributed by atoms with van der Waals surface area (Å²) in [6, 6.07) is 10.3. The van der Waals surface area contributed by atoms with E-state index in [0.717, 1.165) is 17.1 Å². The van der Waals surface area contributed by atoms with Crippen LogP contribution in [-0.2, 0) is 0 Å². The molecule has 1 aromatic carbocycles. The normalized spacial score (nSPS) is 13.4. The Balaban J connectivity index is 2.85. The first-order chi connectivity index (χ1) is 7.09. The Kier molecular flexibility index (Phi) is 4.22. The molecule has 1 aromatic rings. The van der Waals surface area contributed by atoms with Crippen LogP contribution in [0.25, 0.3) is 0 Å². The van der Waals surface area contributed by atoms with Crippen molar-refractivity contribution in [2.45, 2.75) is 33.7 Å². The molecule has 0 aromatic heterocycles. The highest BCUT2D eigenvalue weighted by molar-refractivity contribution is 6.41. The lowest BCUT2D eigenvalue weighted by Gasteiger charge is -2.02. The van der Waals surface area contributed by atoms with Crippen molar-refractivity contribution < 1.29 is 0 Å². The first-order valence-electron chi connectivity index (χ1n) is 5.24. The van der Waals surface area contributed by atoms with E-state index in [-0.39, 0.29) is 0 Å². The van der Waals surface area contributed by atoms with Gasteiger partial charge in [-0.3, -0.25) is 9.98 Å². The van der Waals surface area contributed by atoms with E-state index in [4.69, 9.17) is 0 Å². The van der Waals surface area contributed by atoms with E-state index < -0.39 is 0 Å². The topological polar surface area (TPSA) is 24.7 Å². The van der Waals surface area contributed by atoms with Crippen LogP contribution in [0.2, 0.25) is 0 Å². The molecular formula is C13H18N2. The van der Waals surface area contributed by atoms with E-state index >= 15 is 0 Å². The van der Waals surface area contributed by atoms with Crippen LogP contribution < -0.4 is 0 Å². The second kappa shape index (κ2) is 5.44. The summed E-state index contributed by atoms with van der Waals surface area (Å²) < 4.78 is 0. The third-order valence-corrected chi connectivity index (χ3v) is 2.03. The van der Waals surface area contributed by atoms with Gasteiger partial charge in [0.1, 0.15) is 0 Å². The van der Waals surface area contributed by atoms with Gasteiger partial charge in [-0.2, -0.15) is 0 Å². The fraction of sp³-hybridized carbons (Fsp3) is 0.385. The van der Waals surface area contributed by atoms with Crippen molar-refractivity contribution in [3.63, 3.8) is 0 Å². The number of para-hydroxylation sites is 1. The minimum absolute atomic E-state index is 0.325. The first-order valence-corrected chi connectivity index (χ1v) is 5.24. The molecule has 0 aliphatic rings. The molecule has 80 valence electrons. The van der Waals surface area contributed by atoms with E-state index in [0.29, 0.717) is 6.04 Å². The van der Waals surface area contributed by atoms with Crippen LogP contribution in [0, 0.1) is 0 Å². The van der Waals surface area contributed by atoms with E-state index in [1.807, 2.05) is 44.2 Å². The maximum Gasteiger partial charge on any atom is 0.0633 e. The average molecular weight is 202 g/mol. The molecule has 0 fully saturated rings. The predicted molar refractivity (Wildman–Crippen MR) is 67.5 cm³/mol. The Labute approximate surface area is 91.8 Å². The molecule has 2 heteroatoms. The van der Waals surface area contributed by atoms with Crippen LogP contribution in [-0.4, -0.2) is 17.5 Å². The first kappa shape index (κ1) is 11.6. The van der Waals surface area contributed by atoms with Gasteiger partial charge >= 0.3 is 0 Å². The monoisotopic (exact) mass is 202 g/mol. The van der Waals surface area contributed by atoms with E-state index in [1.54, 1.807) is 0 Å². The van der Waals surface area contributed by atoms with Gasteiger partial charge in [0.25, 0.3) is 0 Å². The summed E-state index contributed by atoms with van der Waals surface area (Å²) in [6.07, 6.45) is 0. The molecule has 0 aliphatic carbocycles. The third-order valence-electron chi connectivity index (χ3n) is 2.03. The summed E-state index contributed by atoms with van der Waals surface area (Å²) in [6.45, 7) is 8.13. The Morgan fingerprint density at radius 3 is 2.13 bits per heavy atom. The zero-order valence-corrected chi connectivity index (χ0v) is 9.86. The molecule has 0 bridgehead atoms. The second-order valence-corrected chi connectivity index (χ2v) is 3.84. The van der Waals surface area contributed by atoms with Gasteiger partial charge in [-0.1, -0.05) is 18.2 Å². The molecule has 0 saturated heterocycles. The highest BCUT2D eigenvalue weighted by Crippen LogP contribution is 2.10.